The van der Waals surface area contributed by atoms with E-state index in [0.717, 1.165) is 5.92 Å². The minimum Gasteiger partial charge on any atom is -0.296 e. The average Bonchev–Trinajstić information content (AvgIpc) is 3.05. The number of fused-ring (bicyclic) bond motifs is 2. The van der Waals surface area contributed by atoms with Crippen molar-refractivity contribution in [1.29, 1.82) is 0 Å². The van der Waals surface area contributed by atoms with Gasteiger partial charge in [-0.25, -0.2) is 0 Å². The van der Waals surface area contributed by atoms with Gasteiger partial charge in [0.15, 0.2) is 0 Å². The van der Waals surface area contributed by atoms with E-state index in [-0.39, 0.29) is 0 Å². The van der Waals surface area contributed by atoms with Crippen LogP contribution in [-0.4, -0.2) is 18.5 Å². The van der Waals surface area contributed by atoms with Crippen LogP contribution in [0.2, 0.25) is 0 Å². The second-order valence-electron chi connectivity index (χ2n) is 6.24. The zero-order valence-electron chi connectivity index (χ0n) is 11.3. The number of benzene rings is 1. The molecule has 0 amide bonds. The van der Waals surface area contributed by atoms with E-state index in [4.69, 9.17) is 0 Å². The van der Waals surface area contributed by atoms with Crippen LogP contribution in [0.3, 0.4) is 0 Å². The van der Waals surface area contributed by atoms with Gasteiger partial charge in [-0.05, 0) is 55.3 Å². The van der Waals surface area contributed by atoms with Gasteiger partial charge in [0.05, 0.1) is 0 Å². The molecule has 0 saturated heterocycles. The van der Waals surface area contributed by atoms with Crippen molar-refractivity contribution >= 4 is 0 Å². The number of nitrogens with zero attached hydrogens (tertiary/aromatic N) is 1. The molecule has 1 heteroatoms. The van der Waals surface area contributed by atoms with E-state index in [9.17, 15) is 0 Å². The van der Waals surface area contributed by atoms with Crippen LogP contribution in [0.5, 0.6) is 0 Å². The van der Waals surface area contributed by atoms with Crippen LogP contribution in [0.25, 0.3) is 0 Å². The highest BCUT2D eigenvalue weighted by Crippen LogP contribution is 2.53. The van der Waals surface area contributed by atoms with Gasteiger partial charge in [0.25, 0.3) is 0 Å². The number of likely N-dealkylation sites (N-methyl/N-ethyl adjacent to an activating group) is 1. The van der Waals surface area contributed by atoms with Gasteiger partial charge in [0.2, 0.25) is 0 Å². The van der Waals surface area contributed by atoms with Crippen LogP contribution >= 0.6 is 0 Å². The Morgan fingerprint density at radius 2 is 2.06 bits per heavy atom. The maximum Gasteiger partial charge on any atom is 0.0462 e. The van der Waals surface area contributed by atoms with Gasteiger partial charge in [-0.1, -0.05) is 32.0 Å². The molecule has 0 bridgehead atoms. The number of hydrogen-bond acceptors (Lipinski definition) is 1. The quantitative estimate of drug-likeness (QED) is 0.751. The molecule has 3 rings (SSSR count). The molecule has 1 spiro atoms. The minimum atomic E-state index is 0.431. The highest BCUT2D eigenvalue weighted by atomic mass is 15.2. The summed E-state index contributed by atoms with van der Waals surface area (Å²) in [6.07, 6.45) is 5.21. The summed E-state index contributed by atoms with van der Waals surface area (Å²) in [7, 11) is 2.30. The molecule has 2 aliphatic rings. The van der Waals surface area contributed by atoms with E-state index in [0.29, 0.717) is 5.54 Å². The summed E-state index contributed by atoms with van der Waals surface area (Å²) < 4.78 is 0. The van der Waals surface area contributed by atoms with Crippen molar-refractivity contribution in [1.82, 2.24) is 4.90 Å². The van der Waals surface area contributed by atoms with E-state index in [2.05, 4.69) is 44.0 Å². The summed E-state index contributed by atoms with van der Waals surface area (Å²) in [5.41, 5.74) is 5.36. The summed E-state index contributed by atoms with van der Waals surface area (Å²) in [5, 5.41) is 0. The lowest BCUT2D eigenvalue weighted by Gasteiger charge is -2.36. The lowest BCUT2D eigenvalue weighted by molar-refractivity contribution is 0.208. The minimum absolute atomic E-state index is 0.431. The number of hydrogen-bond donors (Lipinski definition) is 0. The maximum atomic E-state index is 2.58. The molecule has 1 aliphatic carbocycles. The van der Waals surface area contributed by atoms with Crippen molar-refractivity contribution in [2.75, 3.05) is 13.6 Å². The van der Waals surface area contributed by atoms with Gasteiger partial charge in [0, 0.05) is 12.1 Å². The molecular formula is C16H23N. The summed E-state index contributed by atoms with van der Waals surface area (Å²) in [6, 6.07) is 7.00. The first-order chi connectivity index (χ1) is 8.13. The van der Waals surface area contributed by atoms with Gasteiger partial charge in [0.1, 0.15) is 0 Å². The molecular weight excluding hydrogens is 206 g/mol. The van der Waals surface area contributed by atoms with E-state index in [1.165, 1.54) is 32.2 Å². The van der Waals surface area contributed by atoms with Crippen LogP contribution in [-0.2, 0) is 18.4 Å². The topological polar surface area (TPSA) is 3.24 Å². The van der Waals surface area contributed by atoms with Gasteiger partial charge in [-0.3, -0.25) is 4.90 Å². The summed E-state index contributed by atoms with van der Waals surface area (Å²) >= 11 is 0. The van der Waals surface area contributed by atoms with Crippen molar-refractivity contribution in [2.45, 2.75) is 45.1 Å². The molecule has 92 valence electrons. The largest absolute Gasteiger partial charge is 0.296 e. The lowest BCUT2D eigenvalue weighted by atomic mass is 9.85. The second kappa shape index (κ2) is 3.84. The smallest absolute Gasteiger partial charge is 0.0462 e. The van der Waals surface area contributed by atoms with E-state index >= 15 is 0 Å². The van der Waals surface area contributed by atoms with Crippen LogP contribution in [0.4, 0.5) is 0 Å². The molecule has 1 fully saturated rings. The predicted molar refractivity (Wildman–Crippen MR) is 72.2 cm³/mol. The molecule has 1 nitrogen and oxygen atoms in total. The Morgan fingerprint density at radius 3 is 2.71 bits per heavy atom. The Kier molecular flexibility index (Phi) is 2.55. The molecule has 1 aliphatic heterocycles. The summed E-state index contributed by atoms with van der Waals surface area (Å²) in [5.74, 6) is 0.760. The molecule has 1 aromatic rings. The Hall–Kier alpha value is -0.820. The first kappa shape index (κ1) is 11.3. The standard InChI is InChI=1S/C16H23N/c1-12(2)11-13-5-4-6-15-14(13)7-10-17(3)16(15)8-9-16/h4-6,12H,7-11H2,1-3H3. The summed E-state index contributed by atoms with van der Waals surface area (Å²) in [4.78, 5) is 2.58. The Morgan fingerprint density at radius 1 is 1.29 bits per heavy atom. The van der Waals surface area contributed by atoms with Crippen LogP contribution < -0.4 is 0 Å². The third kappa shape index (κ3) is 1.72. The van der Waals surface area contributed by atoms with Crippen LogP contribution in [0, 0.1) is 5.92 Å². The zero-order valence-corrected chi connectivity index (χ0v) is 11.3. The summed E-state index contributed by atoms with van der Waals surface area (Å²) in [6.45, 7) is 5.88. The van der Waals surface area contributed by atoms with E-state index in [1.807, 2.05) is 0 Å². The van der Waals surface area contributed by atoms with Gasteiger partial charge in [-0.2, -0.15) is 0 Å². The lowest BCUT2D eigenvalue weighted by Crippen LogP contribution is -2.38. The Balaban J connectivity index is 2.03. The molecule has 1 heterocycles. The SMILES string of the molecule is CC(C)Cc1cccc2c1CCN(C)C21CC1. The fourth-order valence-electron chi connectivity index (χ4n) is 3.47. The monoisotopic (exact) mass is 229 g/mol. The fraction of sp³-hybridized carbons (Fsp3) is 0.625. The Labute approximate surface area is 105 Å². The maximum absolute atomic E-state index is 2.58. The van der Waals surface area contributed by atoms with Crippen LogP contribution in [0.15, 0.2) is 18.2 Å². The first-order valence-electron chi connectivity index (χ1n) is 6.96. The normalized spacial score (nSPS) is 21.9. The van der Waals surface area contributed by atoms with Crippen molar-refractivity contribution in [3.63, 3.8) is 0 Å². The van der Waals surface area contributed by atoms with Crippen molar-refractivity contribution in [2.24, 2.45) is 5.92 Å². The van der Waals surface area contributed by atoms with Crippen molar-refractivity contribution < 1.29 is 0 Å². The molecule has 0 radical (unpaired) electrons. The first-order valence-corrected chi connectivity index (χ1v) is 6.96. The predicted octanol–water partition coefficient (Wildman–Crippen LogP) is 3.36. The second-order valence-corrected chi connectivity index (χ2v) is 6.24. The zero-order chi connectivity index (χ0) is 12.0. The van der Waals surface area contributed by atoms with Gasteiger partial charge in [-0.15, -0.1) is 0 Å². The fourth-order valence-corrected chi connectivity index (χ4v) is 3.47. The average molecular weight is 229 g/mol. The molecule has 0 atom stereocenters. The number of rotatable bonds is 2. The molecule has 0 unspecified atom stereocenters. The molecule has 17 heavy (non-hydrogen) atoms. The van der Waals surface area contributed by atoms with Crippen molar-refractivity contribution in [3.05, 3.63) is 34.9 Å². The van der Waals surface area contributed by atoms with Crippen LogP contribution in [0.1, 0.15) is 43.4 Å². The third-order valence-corrected chi connectivity index (χ3v) is 4.55. The van der Waals surface area contributed by atoms with Gasteiger partial charge >= 0.3 is 0 Å². The van der Waals surface area contributed by atoms with Gasteiger partial charge < -0.3 is 0 Å². The molecule has 1 saturated carbocycles. The van der Waals surface area contributed by atoms with Crippen molar-refractivity contribution in [3.8, 4) is 0 Å². The Bertz CT molecular complexity index is 429. The van der Waals surface area contributed by atoms with E-state index < -0.39 is 0 Å². The highest BCUT2D eigenvalue weighted by molar-refractivity contribution is 5.45. The molecule has 0 N–H and O–H groups in total. The third-order valence-electron chi connectivity index (χ3n) is 4.55. The molecule has 1 aromatic carbocycles. The molecule has 0 aromatic heterocycles. The highest BCUT2D eigenvalue weighted by Gasteiger charge is 2.50. The van der Waals surface area contributed by atoms with E-state index in [1.54, 1.807) is 16.7 Å².